The van der Waals surface area contributed by atoms with E-state index < -0.39 is 0 Å². The number of carbonyl (C=O) groups excluding carboxylic acids is 1. The Hall–Kier alpha value is -3.52. The lowest BCUT2D eigenvalue weighted by Crippen LogP contribution is -2.71. The maximum atomic E-state index is 11.7. The number of nitrogens with zero attached hydrogens (tertiary/aromatic N) is 3. The van der Waals surface area contributed by atoms with E-state index in [0.717, 1.165) is 46.4 Å². The van der Waals surface area contributed by atoms with Crippen molar-refractivity contribution in [1.29, 1.82) is 5.41 Å². The molecule has 5 rings (SSSR count). The van der Waals surface area contributed by atoms with Crippen molar-refractivity contribution in [1.82, 2.24) is 19.9 Å². The van der Waals surface area contributed by atoms with Gasteiger partial charge in [-0.3, -0.25) is 15.1 Å². The van der Waals surface area contributed by atoms with Crippen LogP contribution in [0.25, 0.3) is 16.6 Å². The predicted molar refractivity (Wildman–Crippen MR) is 122 cm³/mol. The molecule has 1 aliphatic carbocycles. The first-order chi connectivity index (χ1) is 15.6. The molecule has 2 aromatic heterocycles. The lowest BCUT2D eigenvalue weighted by Gasteiger charge is -2.21. The average molecular weight is 432 g/mol. The van der Waals surface area contributed by atoms with Crippen LogP contribution in [0.3, 0.4) is 0 Å². The Balaban J connectivity index is 1.50. The van der Waals surface area contributed by atoms with Crippen molar-refractivity contribution in [3.05, 3.63) is 54.7 Å². The molecule has 0 radical (unpaired) electrons. The Kier molecular flexibility index (Phi) is 5.45. The number of carbonyl (C=O) groups is 1. The minimum absolute atomic E-state index is 0.0769. The Bertz CT molecular complexity index is 1180. The van der Waals surface area contributed by atoms with Gasteiger partial charge in [-0.25, -0.2) is 4.98 Å². The van der Waals surface area contributed by atoms with Gasteiger partial charge < -0.3 is 20.0 Å². The van der Waals surface area contributed by atoms with E-state index in [9.17, 15) is 4.79 Å². The van der Waals surface area contributed by atoms with Crippen molar-refractivity contribution >= 4 is 34.4 Å². The summed E-state index contributed by atoms with van der Waals surface area (Å²) in [6.07, 6.45) is 11.3. The second-order valence-electron chi connectivity index (χ2n) is 8.53. The van der Waals surface area contributed by atoms with E-state index in [2.05, 4.69) is 19.9 Å². The zero-order valence-electron chi connectivity index (χ0n) is 18.0. The van der Waals surface area contributed by atoms with Crippen LogP contribution in [-0.4, -0.2) is 39.3 Å². The molecule has 1 saturated heterocycles. The number of ether oxygens (including phenoxy) is 1. The molecule has 4 N–H and O–H groups in total. The van der Waals surface area contributed by atoms with Crippen molar-refractivity contribution in [3.63, 3.8) is 0 Å². The van der Waals surface area contributed by atoms with E-state index in [-0.39, 0.29) is 17.9 Å². The molecule has 0 unspecified atom stereocenters. The molecule has 0 spiro atoms. The van der Waals surface area contributed by atoms with Crippen molar-refractivity contribution < 1.29 is 14.8 Å². The molecule has 1 aromatic carbocycles. The highest BCUT2D eigenvalue weighted by Crippen LogP contribution is 2.41. The number of quaternary nitrogens is 1. The molecule has 3 heterocycles. The highest BCUT2D eigenvalue weighted by atomic mass is 16.5. The molecule has 32 heavy (non-hydrogen) atoms. The van der Waals surface area contributed by atoms with Gasteiger partial charge in [0.1, 0.15) is 29.3 Å². The van der Waals surface area contributed by atoms with Gasteiger partial charge in [-0.1, -0.05) is 0 Å². The molecule has 2 fully saturated rings. The van der Waals surface area contributed by atoms with Crippen molar-refractivity contribution in [2.75, 3.05) is 6.54 Å². The fourth-order valence-corrected chi connectivity index (χ4v) is 4.16. The minimum Gasteiger partial charge on any atom is -0.488 e. The third-order valence-electron chi connectivity index (χ3n) is 6.21. The standard InChI is InChI=1S/C24H26N6O2/c1-15(17-10-23(31)28-12-17)32-22-9-16(8-21-24(22)30(14-29-21)20-2-3-20)18(11-25)13-27-19-4-6-26-7-5-19/h4-9,11,13-15,17,20,25H,2-3,10,12H2,1H3,(H,26,27)(H,28,31)/p+1/b18-13+,25-11?/t15-,17-/m1/s1. The van der Waals surface area contributed by atoms with Crippen LogP contribution in [0.1, 0.15) is 37.8 Å². The van der Waals surface area contributed by atoms with E-state index >= 15 is 0 Å². The van der Waals surface area contributed by atoms with Gasteiger partial charge in [0.25, 0.3) is 0 Å². The summed E-state index contributed by atoms with van der Waals surface area (Å²) in [5, 5.41) is 12.8. The summed E-state index contributed by atoms with van der Waals surface area (Å²) in [4.78, 5) is 20.4. The third kappa shape index (κ3) is 4.13. The van der Waals surface area contributed by atoms with E-state index in [4.69, 9.17) is 10.1 Å². The van der Waals surface area contributed by atoms with Gasteiger partial charge in [-0.15, -0.1) is 0 Å². The monoisotopic (exact) mass is 431 g/mol. The molecule has 2 atom stereocenters. The average Bonchev–Trinajstić information content (AvgIpc) is 3.40. The van der Waals surface area contributed by atoms with Gasteiger partial charge in [-0.05, 0) is 37.5 Å². The number of nitrogens with two attached hydrogens (primary N) is 1. The lowest BCUT2D eigenvalue weighted by molar-refractivity contribution is -0.495. The topological polar surface area (TPSA) is 110 Å². The van der Waals surface area contributed by atoms with Gasteiger partial charge in [0.05, 0.1) is 17.4 Å². The molecule has 0 bridgehead atoms. The molecule has 8 heteroatoms. The first kappa shape index (κ1) is 20.4. The summed E-state index contributed by atoms with van der Waals surface area (Å²) < 4.78 is 8.67. The Morgan fingerprint density at radius 3 is 2.84 bits per heavy atom. The number of hydrogen-bond donors (Lipinski definition) is 3. The summed E-state index contributed by atoms with van der Waals surface area (Å²) in [5.74, 6) is 0.967. The number of nitrogens with one attached hydrogen (secondary N) is 2. The van der Waals surface area contributed by atoms with Crippen LogP contribution in [0.15, 0.2) is 49.2 Å². The number of rotatable bonds is 8. The molecule has 1 amide bonds. The van der Waals surface area contributed by atoms with Gasteiger partial charge >= 0.3 is 0 Å². The lowest BCUT2D eigenvalue weighted by atomic mass is 10.0. The Morgan fingerprint density at radius 2 is 2.16 bits per heavy atom. The molecule has 8 nitrogen and oxygen atoms in total. The number of amides is 1. The van der Waals surface area contributed by atoms with E-state index in [1.807, 2.05) is 49.0 Å². The maximum Gasteiger partial charge on any atom is 0.220 e. The molecule has 1 aliphatic heterocycles. The molecular formula is C24H27N6O2+. The highest BCUT2D eigenvalue weighted by Gasteiger charge is 2.30. The zero-order valence-corrected chi connectivity index (χ0v) is 18.0. The summed E-state index contributed by atoms with van der Waals surface area (Å²) in [5.41, 5.74) is 4.50. The summed E-state index contributed by atoms with van der Waals surface area (Å²) in [7, 11) is 0. The first-order valence-corrected chi connectivity index (χ1v) is 11.0. The summed E-state index contributed by atoms with van der Waals surface area (Å²) in [6, 6.07) is 8.33. The number of allylic oxidation sites excluding steroid dienone is 1. The van der Waals surface area contributed by atoms with Crippen LogP contribution >= 0.6 is 0 Å². The number of benzene rings is 1. The number of fused-ring (bicyclic) bond motifs is 1. The maximum absolute atomic E-state index is 11.7. The van der Waals surface area contributed by atoms with E-state index in [1.165, 1.54) is 6.21 Å². The molecule has 1 saturated carbocycles. The predicted octanol–water partition coefficient (Wildman–Crippen LogP) is 2.56. The van der Waals surface area contributed by atoms with Crippen LogP contribution < -0.4 is 15.4 Å². The molecular weight excluding hydrogens is 404 g/mol. The molecule has 164 valence electrons. The second-order valence-corrected chi connectivity index (χ2v) is 8.53. The van der Waals surface area contributed by atoms with Crippen LogP contribution in [-0.2, 0) is 4.79 Å². The number of hydrogen-bond acceptors (Lipinski definition) is 5. The normalized spacial score (nSPS) is 19.7. The van der Waals surface area contributed by atoms with Crippen molar-refractivity contribution in [3.8, 4) is 5.75 Å². The van der Waals surface area contributed by atoms with Crippen LogP contribution in [0.2, 0.25) is 0 Å². The van der Waals surface area contributed by atoms with Crippen LogP contribution in [0, 0.1) is 11.3 Å². The summed E-state index contributed by atoms with van der Waals surface area (Å²) >= 11 is 0. The zero-order chi connectivity index (χ0) is 22.1. The largest absolute Gasteiger partial charge is 0.488 e. The smallest absolute Gasteiger partial charge is 0.220 e. The van der Waals surface area contributed by atoms with E-state index in [1.54, 1.807) is 12.4 Å². The molecule has 3 aromatic rings. The minimum atomic E-state index is -0.120. The van der Waals surface area contributed by atoms with Crippen LogP contribution in [0.4, 0.5) is 5.69 Å². The Morgan fingerprint density at radius 1 is 1.34 bits per heavy atom. The fraction of sp³-hybridized carbons (Fsp3) is 0.333. The van der Waals surface area contributed by atoms with Gasteiger partial charge in [0.2, 0.25) is 5.91 Å². The quantitative estimate of drug-likeness (QED) is 0.476. The van der Waals surface area contributed by atoms with Gasteiger partial charge in [0.15, 0.2) is 0 Å². The SMILES string of the molecule is C[C@@H](Oc1cc(/C(C=N)=C/[NH2+]c2ccncc2)cc2ncn(C3CC3)c12)[C@H]1CNC(=O)C1. The van der Waals surface area contributed by atoms with Crippen LogP contribution in [0.5, 0.6) is 5.75 Å². The first-order valence-electron chi connectivity index (χ1n) is 11.0. The molecule has 2 aliphatic rings. The third-order valence-corrected chi connectivity index (χ3v) is 6.21. The number of pyridine rings is 1. The fourth-order valence-electron chi connectivity index (χ4n) is 4.16. The van der Waals surface area contributed by atoms with Crippen molar-refractivity contribution in [2.45, 2.75) is 38.3 Å². The van der Waals surface area contributed by atoms with E-state index in [0.29, 0.717) is 19.0 Å². The van der Waals surface area contributed by atoms with Gasteiger partial charge in [0, 0.05) is 55.7 Å². The van der Waals surface area contributed by atoms with Crippen molar-refractivity contribution in [2.24, 2.45) is 5.92 Å². The highest BCUT2D eigenvalue weighted by molar-refractivity contribution is 6.09. The Labute approximate surface area is 186 Å². The second kappa shape index (κ2) is 8.55. The number of imidazole rings is 1. The van der Waals surface area contributed by atoms with Gasteiger partial charge in [-0.2, -0.15) is 0 Å². The number of aromatic nitrogens is 3. The summed E-state index contributed by atoms with van der Waals surface area (Å²) in [6.45, 7) is 2.66.